The van der Waals surface area contributed by atoms with E-state index in [1.807, 2.05) is 44.2 Å². The molecule has 2 N–H and O–H groups in total. The molecule has 0 unspecified atom stereocenters. The molecule has 8 heteroatoms. The second-order valence-electron chi connectivity index (χ2n) is 6.80. The lowest BCUT2D eigenvalue weighted by atomic mass is 9.95. The number of allylic oxidation sites excluding steroid dienone is 1. The van der Waals surface area contributed by atoms with Crippen molar-refractivity contribution in [2.75, 3.05) is 17.7 Å². The van der Waals surface area contributed by atoms with Gasteiger partial charge in [0.1, 0.15) is 18.1 Å². The molecule has 1 atom stereocenters. The maximum absolute atomic E-state index is 13.4. The normalized spacial score (nSPS) is 15.5. The van der Waals surface area contributed by atoms with Gasteiger partial charge in [-0.1, -0.05) is 29.8 Å². The monoisotopic (exact) mass is 409 g/mol. The van der Waals surface area contributed by atoms with Crippen LogP contribution in [-0.4, -0.2) is 27.8 Å². The summed E-state index contributed by atoms with van der Waals surface area (Å²) >= 11 is 6.06. The number of carbonyl (C=O) groups excluding carboxylic acids is 1. The van der Waals surface area contributed by atoms with Crippen molar-refractivity contribution < 1.29 is 9.53 Å². The minimum atomic E-state index is -0.443. The second-order valence-corrected chi connectivity index (χ2v) is 7.24. The fraction of sp³-hybridized carbons (Fsp3) is 0.190. The lowest BCUT2D eigenvalue weighted by molar-refractivity contribution is -0.113. The molecule has 0 saturated carbocycles. The Morgan fingerprint density at radius 1 is 1.21 bits per heavy atom. The molecule has 4 rings (SSSR count). The number of ether oxygens (including phenoxy) is 1. The van der Waals surface area contributed by atoms with Crippen molar-refractivity contribution in [2.24, 2.45) is 0 Å². The molecule has 29 heavy (non-hydrogen) atoms. The van der Waals surface area contributed by atoms with E-state index in [0.29, 0.717) is 33.7 Å². The number of nitrogens with one attached hydrogen (secondary N) is 2. The molecule has 0 fully saturated rings. The summed E-state index contributed by atoms with van der Waals surface area (Å²) < 4.78 is 7.09. The lowest BCUT2D eigenvalue weighted by Crippen LogP contribution is -2.31. The first-order chi connectivity index (χ1) is 14.0. The van der Waals surface area contributed by atoms with E-state index in [1.54, 1.807) is 23.9 Å². The van der Waals surface area contributed by atoms with E-state index in [9.17, 15) is 4.79 Å². The Balaban J connectivity index is 1.76. The first-order valence-electron chi connectivity index (χ1n) is 9.06. The van der Waals surface area contributed by atoms with Crippen LogP contribution in [-0.2, 0) is 4.79 Å². The molecule has 1 aliphatic rings. The number of fused-ring (bicyclic) bond motifs is 1. The predicted molar refractivity (Wildman–Crippen MR) is 112 cm³/mol. The van der Waals surface area contributed by atoms with Gasteiger partial charge < -0.3 is 15.4 Å². The number of hydrogen-bond donors (Lipinski definition) is 2. The number of hydrogen-bond acceptors (Lipinski definition) is 5. The third-order valence-corrected chi connectivity index (χ3v) is 5.08. The maximum atomic E-state index is 13.4. The van der Waals surface area contributed by atoms with Gasteiger partial charge in [0.15, 0.2) is 0 Å². The summed E-state index contributed by atoms with van der Waals surface area (Å²) in [7, 11) is 1.57. The number of amides is 1. The van der Waals surface area contributed by atoms with Gasteiger partial charge in [-0.25, -0.2) is 4.68 Å². The fourth-order valence-corrected chi connectivity index (χ4v) is 3.57. The van der Waals surface area contributed by atoms with Gasteiger partial charge in [-0.15, -0.1) is 0 Å². The molecule has 148 valence electrons. The van der Waals surface area contributed by atoms with Crippen molar-refractivity contribution >= 4 is 29.1 Å². The average Bonchev–Trinajstić information content (AvgIpc) is 3.15. The highest BCUT2D eigenvalue weighted by molar-refractivity contribution is 6.30. The molecular formula is C21H20ClN5O2. The van der Waals surface area contributed by atoms with E-state index in [1.165, 1.54) is 6.33 Å². The van der Waals surface area contributed by atoms with Gasteiger partial charge >= 0.3 is 0 Å². The SMILES string of the molecule is COc1ccc(C)cc1NC(=O)C1=C(C)Nc2ncnn2[C@@H]1c1ccc(Cl)cc1. The zero-order chi connectivity index (χ0) is 20.5. The number of aryl methyl sites for hydroxylation is 1. The highest BCUT2D eigenvalue weighted by Gasteiger charge is 2.33. The summed E-state index contributed by atoms with van der Waals surface area (Å²) in [6.07, 6.45) is 1.46. The van der Waals surface area contributed by atoms with Gasteiger partial charge in [-0.3, -0.25) is 4.79 Å². The zero-order valence-electron chi connectivity index (χ0n) is 16.2. The van der Waals surface area contributed by atoms with Crippen molar-refractivity contribution in [3.63, 3.8) is 0 Å². The lowest BCUT2D eigenvalue weighted by Gasteiger charge is -2.29. The van der Waals surface area contributed by atoms with E-state index in [4.69, 9.17) is 16.3 Å². The summed E-state index contributed by atoms with van der Waals surface area (Å²) in [5, 5.41) is 11.1. The van der Waals surface area contributed by atoms with Crippen molar-refractivity contribution in [3.8, 4) is 5.75 Å². The van der Waals surface area contributed by atoms with Crippen LogP contribution >= 0.6 is 11.6 Å². The molecule has 0 aliphatic carbocycles. The van der Waals surface area contributed by atoms with Crippen molar-refractivity contribution in [1.29, 1.82) is 0 Å². The van der Waals surface area contributed by atoms with Crippen LogP contribution in [0.2, 0.25) is 5.02 Å². The molecule has 2 heterocycles. The fourth-order valence-electron chi connectivity index (χ4n) is 3.45. The van der Waals surface area contributed by atoms with Crippen LogP contribution < -0.4 is 15.4 Å². The molecule has 0 radical (unpaired) electrons. The van der Waals surface area contributed by atoms with Crippen LogP contribution in [0.5, 0.6) is 5.75 Å². The quantitative estimate of drug-likeness (QED) is 0.675. The summed E-state index contributed by atoms with van der Waals surface area (Å²) in [4.78, 5) is 17.6. The minimum absolute atomic E-state index is 0.250. The molecule has 1 amide bonds. The number of aromatic nitrogens is 3. The Morgan fingerprint density at radius 3 is 2.69 bits per heavy atom. The van der Waals surface area contributed by atoms with Crippen LogP contribution in [0.4, 0.5) is 11.6 Å². The van der Waals surface area contributed by atoms with Gasteiger partial charge in [0.2, 0.25) is 5.95 Å². The Bertz CT molecular complexity index is 1100. The summed E-state index contributed by atoms with van der Waals surface area (Å²) in [5.41, 5.74) is 3.74. The summed E-state index contributed by atoms with van der Waals surface area (Å²) in [6, 6.07) is 12.6. The number of rotatable bonds is 4. The summed E-state index contributed by atoms with van der Waals surface area (Å²) in [6.45, 7) is 3.81. The third-order valence-electron chi connectivity index (χ3n) is 4.83. The van der Waals surface area contributed by atoms with Crippen molar-refractivity contribution in [1.82, 2.24) is 14.8 Å². The Morgan fingerprint density at radius 2 is 1.97 bits per heavy atom. The smallest absolute Gasteiger partial charge is 0.255 e. The van der Waals surface area contributed by atoms with Gasteiger partial charge in [0.25, 0.3) is 5.91 Å². The Kier molecular flexibility index (Phi) is 4.98. The zero-order valence-corrected chi connectivity index (χ0v) is 17.0. The molecule has 0 saturated heterocycles. The molecule has 0 bridgehead atoms. The maximum Gasteiger partial charge on any atom is 0.255 e. The summed E-state index contributed by atoms with van der Waals surface area (Å²) in [5.74, 6) is 0.919. The topological polar surface area (TPSA) is 81.1 Å². The number of benzene rings is 2. The van der Waals surface area contributed by atoms with Crippen LogP contribution in [0.1, 0.15) is 24.1 Å². The minimum Gasteiger partial charge on any atom is -0.495 e. The van der Waals surface area contributed by atoms with Crippen LogP contribution in [0, 0.1) is 6.92 Å². The van der Waals surface area contributed by atoms with Crippen LogP contribution in [0.25, 0.3) is 0 Å². The first-order valence-corrected chi connectivity index (χ1v) is 9.44. The van der Waals surface area contributed by atoms with Crippen LogP contribution in [0.3, 0.4) is 0 Å². The predicted octanol–water partition coefficient (Wildman–Crippen LogP) is 4.18. The molecule has 1 aliphatic heterocycles. The average molecular weight is 410 g/mol. The molecule has 7 nitrogen and oxygen atoms in total. The molecule has 3 aromatic rings. The van der Waals surface area contributed by atoms with Gasteiger partial charge in [-0.2, -0.15) is 10.1 Å². The molecular weight excluding hydrogens is 390 g/mol. The van der Waals surface area contributed by atoms with Gasteiger partial charge in [0.05, 0.1) is 18.4 Å². The number of anilines is 2. The molecule has 2 aromatic carbocycles. The number of halogens is 1. The molecule has 1 aromatic heterocycles. The number of nitrogens with zero attached hydrogens (tertiary/aromatic N) is 3. The second kappa shape index (κ2) is 7.60. The standard InChI is InChI=1S/C21H20ClN5O2/c1-12-4-9-17(29-3)16(10-12)26-20(28)18-13(2)25-21-23-11-24-27(21)19(18)14-5-7-15(22)8-6-14/h4-11,19H,1-3H3,(H,26,28)(H,23,24,25)/t19-/m1/s1. The first kappa shape index (κ1) is 19.0. The molecule has 0 spiro atoms. The van der Waals surface area contributed by atoms with E-state index in [0.717, 1.165) is 11.1 Å². The van der Waals surface area contributed by atoms with Crippen LogP contribution in [0.15, 0.2) is 60.1 Å². The Hall–Kier alpha value is -3.32. The highest BCUT2D eigenvalue weighted by Crippen LogP contribution is 2.36. The highest BCUT2D eigenvalue weighted by atomic mass is 35.5. The largest absolute Gasteiger partial charge is 0.495 e. The Labute approximate surface area is 173 Å². The van der Waals surface area contributed by atoms with Crippen molar-refractivity contribution in [3.05, 3.63) is 76.2 Å². The van der Waals surface area contributed by atoms with Gasteiger partial charge in [-0.05, 0) is 49.2 Å². The van der Waals surface area contributed by atoms with E-state index >= 15 is 0 Å². The van der Waals surface area contributed by atoms with E-state index < -0.39 is 6.04 Å². The number of carbonyl (C=O) groups is 1. The number of methoxy groups -OCH3 is 1. The van der Waals surface area contributed by atoms with Crippen molar-refractivity contribution in [2.45, 2.75) is 19.9 Å². The third kappa shape index (κ3) is 3.56. The van der Waals surface area contributed by atoms with Gasteiger partial charge in [0, 0.05) is 10.7 Å². The van der Waals surface area contributed by atoms with E-state index in [-0.39, 0.29) is 5.91 Å². The van der Waals surface area contributed by atoms with E-state index in [2.05, 4.69) is 20.7 Å².